The number of hydrogen-bond acceptors (Lipinski definition) is 5. The van der Waals surface area contributed by atoms with Gasteiger partial charge in [-0.1, -0.05) is 36.4 Å². The molecule has 0 saturated heterocycles. The van der Waals surface area contributed by atoms with Gasteiger partial charge in [0, 0.05) is 29.0 Å². The van der Waals surface area contributed by atoms with E-state index in [1.807, 2.05) is 34.3 Å². The van der Waals surface area contributed by atoms with Gasteiger partial charge in [-0.2, -0.15) is 0 Å². The number of nitrogens with zero attached hydrogens (tertiary/aromatic N) is 2. The third-order valence-corrected chi connectivity index (χ3v) is 5.94. The molecule has 0 atom stereocenters. The van der Waals surface area contributed by atoms with Gasteiger partial charge >= 0.3 is 0 Å². The molecule has 0 unspecified atom stereocenters. The van der Waals surface area contributed by atoms with Crippen LogP contribution in [0, 0.1) is 5.82 Å². The number of halogens is 1. The van der Waals surface area contributed by atoms with Crippen molar-refractivity contribution < 1.29 is 18.7 Å². The molecule has 3 aromatic carbocycles. The van der Waals surface area contributed by atoms with E-state index in [1.54, 1.807) is 53.8 Å². The van der Waals surface area contributed by atoms with E-state index in [0.29, 0.717) is 5.69 Å². The van der Waals surface area contributed by atoms with Gasteiger partial charge in [-0.05, 0) is 36.4 Å². The van der Waals surface area contributed by atoms with E-state index >= 15 is 0 Å². The Hall–Kier alpha value is -4.50. The van der Waals surface area contributed by atoms with Crippen LogP contribution in [0.3, 0.4) is 0 Å². The van der Waals surface area contributed by atoms with Crippen LogP contribution in [-0.2, 0) is 4.79 Å². The summed E-state index contributed by atoms with van der Waals surface area (Å²) in [5, 5.41) is 7.26. The topological polar surface area (TPSA) is 84.7 Å². The Kier molecular flexibility index (Phi) is 6.23. The molecule has 2 amide bonds. The summed E-state index contributed by atoms with van der Waals surface area (Å²) in [6.45, 7) is -0.380. The van der Waals surface area contributed by atoms with Crippen molar-refractivity contribution in [1.29, 1.82) is 0 Å². The summed E-state index contributed by atoms with van der Waals surface area (Å²) < 4.78 is 21.3. The molecule has 35 heavy (non-hydrogen) atoms. The Morgan fingerprint density at radius 3 is 2.54 bits per heavy atom. The molecule has 0 radical (unpaired) electrons. The van der Waals surface area contributed by atoms with Crippen LogP contribution in [0.4, 0.5) is 15.8 Å². The average molecular weight is 487 g/mol. The molecule has 2 heterocycles. The minimum atomic E-state index is -0.542. The fourth-order valence-corrected chi connectivity index (χ4v) is 4.16. The Morgan fingerprint density at radius 2 is 1.74 bits per heavy atom. The number of aromatic nitrogens is 2. The van der Waals surface area contributed by atoms with Crippen LogP contribution in [0.25, 0.3) is 16.2 Å². The first kappa shape index (κ1) is 22.3. The van der Waals surface area contributed by atoms with Gasteiger partial charge in [0.2, 0.25) is 0 Å². The summed E-state index contributed by atoms with van der Waals surface area (Å²) in [7, 11) is 0. The lowest BCUT2D eigenvalue weighted by molar-refractivity contribution is -0.118. The standard InChI is InChI=1S/C26H19FN4O3S/c27-20-6-2-3-7-21(20)29-24(32)16-34-23-8-4-1-5-19(23)25(33)28-18-11-9-17(10-12-18)22-15-31-13-14-35-26(31)30-22/h1-15H,16H2,(H,28,33)(H,29,32). The van der Waals surface area contributed by atoms with Gasteiger partial charge in [0.05, 0.1) is 16.9 Å². The number of carbonyl (C=O) groups excluding carboxylic acids is 2. The molecular weight excluding hydrogens is 467 g/mol. The fourth-order valence-electron chi connectivity index (χ4n) is 3.46. The van der Waals surface area contributed by atoms with E-state index in [4.69, 9.17) is 4.74 Å². The van der Waals surface area contributed by atoms with Crippen LogP contribution in [-0.4, -0.2) is 27.8 Å². The average Bonchev–Trinajstić information content (AvgIpc) is 3.48. The predicted molar refractivity (Wildman–Crippen MR) is 133 cm³/mol. The summed E-state index contributed by atoms with van der Waals surface area (Å²) in [5.74, 6) is -1.23. The molecule has 0 bridgehead atoms. The third kappa shape index (κ3) is 5.04. The minimum absolute atomic E-state index is 0.0611. The molecular formula is C26H19FN4O3S. The maximum atomic E-state index is 13.7. The van der Waals surface area contributed by atoms with Gasteiger partial charge in [0.15, 0.2) is 11.6 Å². The molecule has 9 heteroatoms. The van der Waals surface area contributed by atoms with Crippen molar-refractivity contribution in [2.24, 2.45) is 0 Å². The zero-order chi connectivity index (χ0) is 24.2. The van der Waals surface area contributed by atoms with Crippen LogP contribution in [0.15, 0.2) is 90.6 Å². The summed E-state index contributed by atoms with van der Waals surface area (Å²) in [6, 6.07) is 19.8. The number of amides is 2. The zero-order valence-corrected chi connectivity index (χ0v) is 19.1. The summed E-state index contributed by atoms with van der Waals surface area (Å²) in [6.07, 6.45) is 3.91. The Bertz CT molecular complexity index is 1480. The number of carbonyl (C=O) groups is 2. The highest BCUT2D eigenvalue weighted by Gasteiger charge is 2.15. The number of thiazole rings is 1. The first-order valence-electron chi connectivity index (χ1n) is 10.7. The van der Waals surface area contributed by atoms with Gasteiger partial charge < -0.3 is 15.4 Å². The quantitative estimate of drug-likeness (QED) is 0.319. The fraction of sp³-hybridized carbons (Fsp3) is 0.0385. The number of anilines is 2. The maximum absolute atomic E-state index is 13.7. The number of benzene rings is 3. The molecule has 0 aliphatic carbocycles. The van der Waals surface area contributed by atoms with E-state index in [-0.39, 0.29) is 29.5 Å². The first-order chi connectivity index (χ1) is 17.1. The van der Waals surface area contributed by atoms with Crippen molar-refractivity contribution in [1.82, 2.24) is 9.38 Å². The minimum Gasteiger partial charge on any atom is -0.483 e. The molecule has 0 spiro atoms. The monoisotopic (exact) mass is 486 g/mol. The van der Waals surface area contributed by atoms with E-state index in [9.17, 15) is 14.0 Å². The zero-order valence-electron chi connectivity index (χ0n) is 18.3. The first-order valence-corrected chi connectivity index (χ1v) is 11.5. The van der Waals surface area contributed by atoms with Crippen LogP contribution in [0.2, 0.25) is 0 Å². The van der Waals surface area contributed by atoms with Crippen molar-refractivity contribution in [2.45, 2.75) is 0 Å². The van der Waals surface area contributed by atoms with Gasteiger partial charge in [-0.15, -0.1) is 11.3 Å². The summed E-state index contributed by atoms with van der Waals surface area (Å²) in [4.78, 5) is 30.6. The number of nitrogens with one attached hydrogen (secondary N) is 2. The van der Waals surface area contributed by atoms with Crippen molar-refractivity contribution in [2.75, 3.05) is 17.2 Å². The SMILES string of the molecule is O=C(COc1ccccc1C(=O)Nc1ccc(-c2cn3ccsc3n2)cc1)Nc1ccccc1F. The smallest absolute Gasteiger partial charge is 0.262 e. The number of para-hydroxylation sites is 2. The lowest BCUT2D eigenvalue weighted by atomic mass is 10.1. The lowest BCUT2D eigenvalue weighted by Crippen LogP contribution is -2.22. The van der Waals surface area contributed by atoms with E-state index in [0.717, 1.165) is 16.2 Å². The molecule has 0 saturated carbocycles. The van der Waals surface area contributed by atoms with Gasteiger partial charge in [0.1, 0.15) is 11.6 Å². The van der Waals surface area contributed by atoms with E-state index in [2.05, 4.69) is 15.6 Å². The molecule has 174 valence electrons. The molecule has 2 N–H and O–H groups in total. The number of hydrogen-bond donors (Lipinski definition) is 2. The van der Waals surface area contributed by atoms with Crippen molar-refractivity contribution >= 4 is 39.5 Å². The highest BCUT2D eigenvalue weighted by molar-refractivity contribution is 7.15. The van der Waals surface area contributed by atoms with Crippen LogP contribution >= 0.6 is 11.3 Å². The normalized spacial score (nSPS) is 10.8. The Morgan fingerprint density at radius 1 is 0.971 bits per heavy atom. The second-order valence-electron chi connectivity index (χ2n) is 7.56. The second-order valence-corrected chi connectivity index (χ2v) is 8.44. The van der Waals surface area contributed by atoms with Gasteiger partial charge in [-0.3, -0.25) is 14.0 Å². The molecule has 0 aliphatic rings. The number of fused-ring (bicyclic) bond motifs is 1. The highest BCUT2D eigenvalue weighted by Crippen LogP contribution is 2.24. The Labute approximate surface area is 203 Å². The van der Waals surface area contributed by atoms with Crippen molar-refractivity contribution in [3.8, 4) is 17.0 Å². The van der Waals surface area contributed by atoms with Crippen LogP contribution < -0.4 is 15.4 Å². The summed E-state index contributed by atoms with van der Waals surface area (Å²) in [5.41, 5.74) is 2.72. The molecule has 2 aromatic heterocycles. The number of ether oxygens (including phenoxy) is 1. The maximum Gasteiger partial charge on any atom is 0.262 e. The number of rotatable bonds is 7. The predicted octanol–water partition coefficient (Wildman–Crippen LogP) is 5.47. The van der Waals surface area contributed by atoms with Gasteiger partial charge in [0.25, 0.3) is 11.8 Å². The Balaban J connectivity index is 1.23. The van der Waals surface area contributed by atoms with Crippen molar-refractivity contribution in [3.63, 3.8) is 0 Å². The molecule has 5 rings (SSSR count). The third-order valence-electron chi connectivity index (χ3n) is 5.17. The lowest BCUT2D eigenvalue weighted by Gasteiger charge is -2.12. The van der Waals surface area contributed by atoms with E-state index < -0.39 is 11.7 Å². The van der Waals surface area contributed by atoms with Crippen molar-refractivity contribution in [3.05, 3.63) is 102 Å². The highest BCUT2D eigenvalue weighted by atomic mass is 32.1. The van der Waals surface area contributed by atoms with E-state index in [1.165, 1.54) is 18.2 Å². The molecule has 5 aromatic rings. The van der Waals surface area contributed by atoms with Crippen LogP contribution in [0.1, 0.15) is 10.4 Å². The molecule has 0 fully saturated rings. The molecule has 7 nitrogen and oxygen atoms in total. The van der Waals surface area contributed by atoms with Crippen LogP contribution in [0.5, 0.6) is 5.75 Å². The largest absolute Gasteiger partial charge is 0.483 e. The second kappa shape index (κ2) is 9.78. The summed E-state index contributed by atoms with van der Waals surface area (Å²) >= 11 is 1.56. The molecule has 0 aliphatic heterocycles. The van der Waals surface area contributed by atoms with Gasteiger partial charge in [-0.25, -0.2) is 9.37 Å². The number of imidazole rings is 1.